The van der Waals surface area contributed by atoms with Gasteiger partial charge in [0, 0.05) is 0 Å². The molecule has 0 saturated carbocycles. The van der Waals surface area contributed by atoms with Crippen molar-refractivity contribution in [3.63, 3.8) is 0 Å². The van der Waals surface area contributed by atoms with E-state index in [-0.39, 0.29) is 0 Å². The lowest BCUT2D eigenvalue weighted by atomic mass is 11.3. The summed E-state index contributed by atoms with van der Waals surface area (Å²) < 4.78 is 24.3. The van der Waals surface area contributed by atoms with Crippen LogP contribution in [0.25, 0.3) is 0 Å². The fourth-order valence-electron chi connectivity index (χ4n) is 0.213. The number of amidine groups is 1. The van der Waals surface area contributed by atoms with Gasteiger partial charge in [-0.05, 0) is 0 Å². The SMILES string of the molecule is N=C(N)O[PH](=O)N[PH](=O)O. The van der Waals surface area contributed by atoms with E-state index in [9.17, 15) is 9.13 Å². The molecule has 5 N–H and O–H groups in total. The molecule has 0 radical (unpaired) electrons. The monoisotopic (exact) mass is 187 g/mol. The Morgan fingerprint density at radius 3 is 2.50 bits per heavy atom. The zero-order valence-corrected chi connectivity index (χ0v) is 6.75. The van der Waals surface area contributed by atoms with E-state index in [1.54, 1.807) is 4.86 Å². The fraction of sp³-hybridized carbons (Fsp3) is 0. The summed E-state index contributed by atoms with van der Waals surface area (Å²) in [5.74, 6) is 0. The van der Waals surface area contributed by atoms with Crippen molar-refractivity contribution in [3.8, 4) is 0 Å². The first-order valence-corrected chi connectivity index (χ1v) is 4.75. The molecule has 0 bridgehead atoms. The van der Waals surface area contributed by atoms with E-state index in [2.05, 4.69) is 10.3 Å². The molecule has 0 amide bonds. The van der Waals surface area contributed by atoms with Gasteiger partial charge in [0.15, 0.2) is 0 Å². The molecular weight excluding hydrogens is 180 g/mol. The van der Waals surface area contributed by atoms with Gasteiger partial charge in [-0.25, -0.2) is 0 Å². The third kappa shape index (κ3) is 5.78. The van der Waals surface area contributed by atoms with Gasteiger partial charge in [-0.2, -0.15) is 4.86 Å². The lowest BCUT2D eigenvalue weighted by Crippen LogP contribution is -2.11. The van der Waals surface area contributed by atoms with Crippen LogP contribution in [0.5, 0.6) is 0 Å². The molecule has 2 atom stereocenters. The molecule has 0 aromatic heterocycles. The predicted octanol–water partition coefficient (Wildman–Crippen LogP) is -0.742. The minimum atomic E-state index is -3.02. The minimum absolute atomic E-state index is 0.750. The van der Waals surface area contributed by atoms with E-state index in [0.717, 1.165) is 0 Å². The molecule has 0 heterocycles. The van der Waals surface area contributed by atoms with Gasteiger partial charge in [0.25, 0.3) is 14.2 Å². The van der Waals surface area contributed by atoms with Crippen LogP contribution in [-0.2, 0) is 13.7 Å². The van der Waals surface area contributed by atoms with Crippen LogP contribution in [0.4, 0.5) is 0 Å². The van der Waals surface area contributed by atoms with E-state index < -0.39 is 22.4 Å². The summed E-state index contributed by atoms with van der Waals surface area (Å²) in [4.78, 5) is 9.78. The molecule has 0 aromatic rings. The highest BCUT2D eigenvalue weighted by molar-refractivity contribution is 7.53. The normalized spacial score (nSPS) is 15.7. The van der Waals surface area contributed by atoms with Crippen LogP contribution in [0.1, 0.15) is 0 Å². The van der Waals surface area contributed by atoms with Gasteiger partial charge in [0.05, 0.1) is 0 Å². The summed E-state index contributed by atoms with van der Waals surface area (Å²) in [5, 5.41) is 6.44. The Morgan fingerprint density at radius 1 is 1.70 bits per heavy atom. The molecule has 0 rings (SSSR count). The third-order valence-electron chi connectivity index (χ3n) is 0.412. The van der Waals surface area contributed by atoms with Crippen LogP contribution in [0.2, 0.25) is 0 Å². The summed E-state index contributed by atoms with van der Waals surface area (Å²) in [5.41, 5.74) is 4.64. The smallest absolute Gasteiger partial charge is 0.314 e. The van der Waals surface area contributed by atoms with E-state index in [1.165, 1.54) is 0 Å². The van der Waals surface area contributed by atoms with Crippen molar-refractivity contribution in [2.24, 2.45) is 5.73 Å². The van der Waals surface area contributed by atoms with Gasteiger partial charge in [0.2, 0.25) is 0 Å². The van der Waals surface area contributed by atoms with Crippen LogP contribution in [-0.4, -0.2) is 10.9 Å². The molecule has 60 valence electrons. The van der Waals surface area contributed by atoms with E-state index in [4.69, 9.17) is 10.3 Å². The lowest BCUT2D eigenvalue weighted by molar-refractivity contribution is 0.476. The van der Waals surface area contributed by atoms with Crippen molar-refractivity contribution in [2.45, 2.75) is 0 Å². The Kier molecular flexibility index (Phi) is 4.31. The van der Waals surface area contributed by atoms with E-state index in [0.29, 0.717) is 0 Å². The minimum Gasteiger partial charge on any atom is -0.402 e. The average Bonchev–Trinajstić information content (AvgIpc) is 1.58. The third-order valence-corrected chi connectivity index (χ3v) is 2.49. The fourth-order valence-corrected chi connectivity index (χ4v) is 1.32. The van der Waals surface area contributed by atoms with Crippen LogP contribution in [0.15, 0.2) is 0 Å². The average molecular weight is 187 g/mol. The Balaban J connectivity index is 3.65. The molecule has 0 aliphatic carbocycles. The van der Waals surface area contributed by atoms with Crippen molar-refractivity contribution in [1.82, 2.24) is 4.86 Å². The Bertz CT molecular complexity index is 161. The van der Waals surface area contributed by atoms with Crippen LogP contribution >= 0.6 is 16.4 Å². The maximum atomic E-state index is 10.4. The van der Waals surface area contributed by atoms with Crippen molar-refractivity contribution < 1.29 is 18.5 Å². The first-order chi connectivity index (χ1) is 4.52. The van der Waals surface area contributed by atoms with Crippen molar-refractivity contribution in [2.75, 3.05) is 0 Å². The van der Waals surface area contributed by atoms with Crippen LogP contribution in [0, 0.1) is 5.41 Å². The molecule has 0 spiro atoms. The lowest BCUT2D eigenvalue weighted by Gasteiger charge is -2.00. The second-order valence-electron chi connectivity index (χ2n) is 1.18. The second kappa shape index (κ2) is 4.46. The highest BCUT2D eigenvalue weighted by atomic mass is 31.2. The largest absolute Gasteiger partial charge is 0.402 e. The standard InChI is InChI=1S/CH7N3O4P2/c2-1(3)8-10(7)4-9(5)6/h9-10H,(H3,2,3)(H2,4,5,6,7). The molecule has 0 aromatic carbocycles. The molecule has 7 nitrogen and oxygen atoms in total. The summed E-state index contributed by atoms with van der Waals surface area (Å²) in [6.45, 7) is 0. The zero-order chi connectivity index (χ0) is 8.15. The number of nitrogens with one attached hydrogen (secondary N) is 2. The Labute approximate surface area is 57.9 Å². The Hall–Kier alpha value is -0.350. The molecule has 0 aliphatic heterocycles. The maximum Gasteiger partial charge on any atom is 0.314 e. The van der Waals surface area contributed by atoms with Crippen molar-refractivity contribution in [3.05, 3.63) is 0 Å². The highest BCUT2D eigenvalue weighted by Gasteiger charge is 2.01. The quantitative estimate of drug-likeness (QED) is 0.262. The first-order valence-electron chi connectivity index (χ1n) is 2.08. The number of rotatable bonds is 3. The van der Waals surface area contributed by atoms with Crippen molar-refractivity contribution in [1.29, 1.82) is 5.41 Å². The summed E-state index contributed by atoms with van der Waals surface area (Å²) in [7, 11) is -5.88. The second-order valence-corrected chi connectivity index (χ2v) is 3.57. The topological polar surface area (TPSA) is 126 Å². The molecule has 0 aliphatic rings. The number of hydrogen-bond acceptors (Lipinski definition) is 4. The van der Waals surface area contributed by atoms with Gasteiger partial charge in [-0.15, -0.1) is 0 Å². The Morgan fingerprint density at radius 2 is 2.20 bits per heavy atom. The first kappa shape index (κ1) is 9.65. The van der Waals surface area contributed by atoms with E-state index in [1.807, 2.05) is 0 Å². The number of nitrogens with two attached hydrogens (primary N) is 1. The van der Waals surface area contributed by atoms with Gasteiger partial charge in [-0.1, -0.05) is 0 Å². The predicted molar refractivity (Wildman–Crippen MR) is 36.4 cm³/mol. The highest BCUT2D eigenvalue weighted by Crippen LogP contribution is 2.24. The maximum absolute atomic E-state index is 10.4. The zero-order valence-electron chi connectivity index (χ0n) is 4.75. The van der Waals surface area contributed by atoms with Gasteiger partial charge in [-0.3, -0.25) is 14.5 Å². The summed E-state index contributed by atoms with van der Waals surface area (Å²) >= 11 is 0. The number of hydrogen-bond donors (Lipinski definition) is 4. The van der Waals surface area contributed by atoms with Gasteiger partial charge >= 0.3 is 8.18 Å². The van der Waals surface area contributed by atoms with Crippen LogP contribution < -0.4 is 10.6 Å². The van der Waals surface area contributed by atoms with Crippen LogP contribution in [0.3, 0.4) is 0 Å². The molecule has 9 heteroatoms. The van der Waals surface area contributed by atoms with E-state index >= 15 is 0 Å². The molecule has 0 fully saturated rings. The van der Waals surface area contributed by atoms with Gasteiger partial charge < -0.3 is 15.2 Å². The molecule has 10 heavy (non-hydrogen) atoms. The van der Waals surface area contributed by atoms with Gasteiger partial charge in [0.1, 0.15) is 0 Å². The van der Waals surface area contributed by atoms with Crippen molar-refractivity contribution >= 4 is 22.4 Å². The molecule has 2 unspecified atom stereocenters. The summed E-state index contributed by atoms with van der Waals surface area (Å²) in [6, 6.07) is -0.750. The summed E-state index contributed by atoms with van der Waals surface area (Å²) in [6.07, 6.45) is 0. The molecular formula is CH7N3O4P2. The molecule has 0 saturated heterocycles.